The smallest absolute Gasteiger partial charge is 0.216 e. The van der Waals surface area contributed by atoms with Gasteiger partial charge < -0.3 is 14.8 Å². The predicted octanol–water partition coefficient (Wildman–Crippen LogP) is 2.18. The van der Waals surface area contributed by atoms with E-state index >= 15 is 0 Å². The summed E-state index contributed by atoms with van der Waals surface area (Å²) in [5, 5.41) is 2.88. The highest BCUT2D eigenvalue weighted by molar-refractivity contribution is 5.73. The molecule has 0 atom stereocenters. The van der Waals surface area contributed by atoms with Crippen molar-refractivity contribution in [2.45, 2.75) is 33.1 Å². The average Bonchev–Trinajstić information content (AvgIpc) is 2.35. The number of fused-ring (bicyclic) bond motifs is 1. The zero-order valence-corrected chi connectivity index (χ0v) is 12.0. The van der Waals surface area contributed by atoms with Crippen LogP contribution in [0.2, 0.25) is 0 Å². The number of nitrogens with one attached hydrogen (secondary N) is 1. The molecule has 1 aliphatic heterocycles. The molecule has 4 heteroatoms. The van der Waals surface area contributed by atoms with Gasteiger partial charge in [-0.25, -0.2) is 0 Å². The zero-order valence-electron chi connectivity index (χ0n) is 12.0. The van der Waals surface area contributed by atoms with E-state index in [1.807, 2.05) is 12.1 Å². The first-order chi connectivity index (χ1) is 8.90. The number of carbonyl (C=O) groups is 1. The third kappa shape index (κ3) is 3.00. The molecule has 1 aromatic rings. The van der Waals surface area contributed by atoms with Crippen LogP contribution in [-0.2, 0) is 10.2 Å². The Kier molecular flexibility index (Phi) is 3.69. The fourth-order valence-corrected chi connectivity index (χ4v) is 2.36. The van der Waals surface area contributed by atoms with Crippen molar-refractivity contribution in [1.82, 2.24) is 5.32 Å². The lowest BCUT2D eigenvalue weighted by atomic mass is 9.81. The molecule has 1 aliphatic rings. The fraction of sp³-hybridized carbons (Fsp3) is 0.533. The molecule has 0 aliphatic carbocycles. The summed E-state index contributed by atoms with van der Waals surface area (Å²) < 4.78 is 11.2. The van der Waals surface area contributed by atoms with Crippen LogP contribution in [0.3, 0.4) is 0 Å². The molecule has 1 N–H and O–H groups in total. The monoisotopic (exact) mass is 263 g/mol. The second kappa shape index (κ2) is 5.11. The lowest BCUT2D eigenvalue weighted by Gasteiger charge is -2.29. The lowest BCUT2D eigenvalue weighted by Crippen LogP contribution is -2.36. The molecular formula is C15H21NO3. The van der Waals surface area contributed by atoms with Crippen LogP contribution in [0.15, 0.2) is 12.1 Å². The van der Waals surface area contributed by atoms with Gasteiger partial charge in [-0.05, 0) is 30.2 Å². The van der Waals surface area contributed by atoms with Gasteiger partial charge in [-0.2, -0.15) is 0 Å². The van der Waals surface area contributed by atoms with Crippen molar-refractivity contribution in [3.8, 4) is 11.5 Å². The third-order valence-electron chi connectivity index (χ3n) is 3.40. The van der Waals surface area contributed by atoms with Crippen molar-refractivity contribution >= 4 is 5.91 Å². The molecule has 0 spiro atoms. The quantitative estimate of drug-likeness (QED) is 0.909. The van der Waals surface area contributed by atoms with Gasteiger partial charge in [0.05, 0.1) is 0 Å². The van der Waals surface area contributed by atoms with E-state index in [0.717, 1.165) is 17.1 Å². The molecular weight excluding hydrogens is 242 g/mol. The van der Waals surface area contributed by atoms with Crippen LogP contribution in [0.1, 0.15) is 31.9 Å². The Bertz CT molecular complexity index is 494. The van der Waals surface area contributed by atoms with Gasteiger partial charge in [0, 0.05) is 18.9 Å². The Morgan fingerprint density at radius 1 is 1.26 bits per heavy atom. The standard InChI is InChI=1S/C15H21NO3/c1-10-7-13-14(19-6-5-18-13)8-12(10)15(3,4)9-16-11(2)17/h7-8H,5-6,9H2,1-4H3,(H,16,17). The normalized spacial score (nSPS) is 14.1. The maximum atomic E-state index is 11.1. The van der Waals surface area contributed by atoms with E-state index in [0.29, 0.717) is 19.8 Å². The van der Waals surface area contributed by atoms with Gasteiger partial charge in [-0.3, -0.25) is 4.79 Å². The molecule has 104 valence electrons. The maximum Gasteiger partial charge on any atom is 0.216 e. The van der Waals surface area contributed by atoms with E-state index in [1.165, 1.54) is 12.5 Å². The van der Waals surface area contributed by atoms with E-state index in [-0.39, 0.29) is 11.3 Å². The molecule has 0 aromatic heterocycles. The second-order valence-corrected chi connectivity index (χ2v) is 5.60. The van der Waals surface area contributed by atoms with Gasteiger partial charge in [0.15, 0.2) is 11.5 Å². The summed E-state index contributed by atoms with van der Waals surface area (Å²) in [6.45, 7) is 9.60. The number of ether oxygens (including phenoxy) is 2. The first kappa shape index (κ1) is 13.7. The van der Waals surface area contributed by atoms with Crippen molar-refractivity contribution in [3.63, 3.8) is 0 Å². The number of amides is 1. The van der Waals surface area contributed by atoms with Gasteiger partial charge in [0.1, 0.15) is 13.2 Å². The molecule has 0 fully saturated rings. The minimum Gasteiger partial charge on any atom is -0.486 e. The van der Waals surface area contributed by atoms with E-state index in [2.05, 4.69) is 26.1 Å². The first-order valence-corrected chi connectivity index (χ1v) is 6.55. The third-order valence-corrected chi connectivity index (χ3v) is 3.40. The SMILES string of the molecule is CC(=O)NCC(C)(C)c1cc2c(cc1C)OCCO2. The molecule has 1 aromatic carbocycles. The largest absolute Gasteiger partial charge is 0.486 e. The second-order valence-electron chi connectivity index (χ2n) is 5.60. The topological polar surface area (TPSA) is 47.6 Å². The molecule has 0 radical (unpaired) electrons. The summed E-state index contributed by atoms with van der Waals surface area (Å²) in [5.41, 5.74) is 2.18. The molecule has 0 unspecified atom stereocenters. The van der Waals surface area contributed by atoms with Crippen LogP contribution >= 0.6 is 0 Å². The summed E-state index contributed by atoms with van der Waals surface area (Å²) in [6.07, 6.45) is 0. The highest BCUT2D eigenvalue weighted by Crippen LogP contribution is 2.37. The van der Waals surface area contributed by atoms with Crippen LogP contribution < -0.4 is 14.8 Å². The van der Waals surface area contributed by atoms with E-state index in [9.17, 15) is 4.79 Å². The number of hydrogen-bond donors (Lipinski definition) is 1. The van der Waals surface area contributed by atoms with Crippen molar-refractivity contribution in [3.05, 3.63) is 23.3 Å². The van der Waals surface area contributed by atoms with E-state index in [1.54, 1.807) is 0 Å². The number of carbonyl (C=O) groups excluding carboxylic acids is 1. The summed E-state index contributed by atoms with van der Waals surface area (Å²) in [7, 11) is 0. The molecule has 0 bridgehead atoms. The minimum absolute atomic E-state index is 0.0109. The van der Waals surface area contributed by atoms with Gasteiger partial charge in [-0.15, -0.1) is 0 Å². The Hall–Kier alpha value is -1.71. The Morgan fingerprint density at radius 3 is 2.42 bits per heavy atom. The maximum absolute atomic E-state index is 11.1. The van der Waals surface area contributed by atoms with Crippen LogP contribution in [0.5, 0.6) is 11.5 Å². The molecule has 0 saturated heterocycles. The van der Waals surface area contributed by atoms with Crippen LogP contribution in [-0.4, -0.2) is 25.7 Å². The Balaban J connectivity index is 2.30. The average molecular weight is 263 g/mol. The van der Waals surface area contributed by atoms with Crippen LogP contribution in [0, 0.1) is 6.92 Å². The van der Waals surface area contributed by atoms with Crippen molar-refractivity contribution in [2.75, 3.05) is 19.8 Å². The zero-order chi connectivity index (χ0) is 14.0. The van der Waals surface area contributed by atoms with Gasteiger partial charge >= 0.3 is 0 Å². The highest BCUT2D eigenvalue weighted by Gasteiger charge is 2.25. The van der Waals surface area contributed by atoms with Crippen molar-refractivity contribution < 1.29 is 14.3 Å². The molecule has 1 amide bonds. The van der Waals surface area contributed by atoms with Gasteiger partial charge in [0.25, 0.3) is 0 Å². The van der Waals surface area contributed by atoms with Gasteiger partial charge in [0.2, 0.25) is 5.91 Å². The predicted molar refractivity (Wildman–Crippen MR) is 73.9 cm³/mol. The number of hydrogen-bond acceptors (Lipinski definition) is 3. The lowest BCUT2D eigenvalue weighted by molar-refractivity contribution is -0.119. The minimum atomic E-state index is -0.147. The molecule has 2 rings (SSSR count). The Labute approximate surface area is 114 Å². The summed E-state index contributed by atoms with van der Waals surface area (Å²) in [4.78, 5) is 11.1. The van der Waals surface area contributed by atoms with E-state index < -0.39 is 0 Å². The number of aryl methyl sites for hydroxylation is 1. The molecule has 19 heavy (non-hydrogen) atoms. The summed E-state index contributed by atoms with van der Waals surface area (Å²) >= 11 is 0. The molecule has 4 nitrogen and oxygen atoms in total. The number of benzene rings is 1. The van der Waals surface area contributed by atoms with Crippen molar-refractivity contribution in [2.24, 2.45) is 0 Å². The summed E-state index contributed by atoms with van der Waals surface area (Å²) in [5.74, 6) is 1.59. The Morgan fingerprint density at radius 2 is 1.84 bits per heavy atom. The molecule has 1 heterocycles. The number of rotatable bonds is 3. The van der Waals surface area contributed by atoms with E-state index in [4.69, 9.17) is 9.47 Å². The van der Waals surface area contributed by atoms with Crippen molar-refractivity contribution in [1.29, 1.82) is 0 Å². The van der Waals surface area contributed by atoms with Crippen LogP contribution in [0.4, 0.5) is 0 Å². The highest BCUT2D eigenvalue weighted by atomic mass is 16.6. The molecule has 0 saturated carbocycles. The van der Waals surface area contributed by atoms with Gasteiger partial charge in [-0.1, -0.05) is 13.8 Å². The first-order valence-electron chi connectivity index (χ1n) is 6.55. The fourth-order valence-electron chi connectivity index (χ4n) is 2.36. The summed E-state index contributed by atoms with van der Waals surface area (Å²) in [6, 6.07) is 4.05. The van der Waals surface area contributed by atoms with Crippen LogP contribution in [0.25, 0.3) is 0 Å².